The van der Waals surface area contributed by atoms with E-state index in [9.17, 15) is 4.79 Å². The highest BCUT2D eigenvalue weighted by Crippen LogP contribution is 2.54. The van der Waals surface area contributed by atoms with Crippen LogP contribution in [0, 0.1) is 12.3 Å². The molecule has 1 aliphatic heterocycles. The van der Waals surface area contributed by atoms with Gasteiger partial charge in [-0.2, -0.15) is 0 Å². The van der Waals surface area contributed by atoms with Gasteiger partial charge in [-0.3, -0.25) is 9.93 Å². The van der Waals surface area contributed by atoms with Gasteiger partial charge in [0.05, 0.1) is 11.3 Å². The fourth-order valence-electron chi connectivity index (χ4n) is 3.72. The summed E-state index contributed by atoms with van der Waals surface area (Å²) in [5.74, 6) is 0.191. The molecule has 1 amide bonds. The van der Waals surface area contributed by atoms with E-state index in [4.69, 9.17) is 16.7 Å². The average molecular weight is 404 g/mol. The predicted molar refractivity (Wildman–Crippen MR) is 109 cm³/mol. The molecular weight excluding hydrogens is 382 g/mol. The van der Waals surface area contributed by atoms with E-state index >= 15 is 0 Å². The summed E-state index contributed by atoms with van der Waals surface area (Å²) < 4.78 is 0. The smallest absolute Gasteiger partial charge is 0.258 e. The van der Waals surface area contributed by atoms with Crippen molar-refractivity contribution in [1.82, 2.24) is 9.97 Å². The van der Waals surface area contributed by atoms with Gasteiger partial charge in [-0.05, 0) is 79.8 Å². The SMILES string of the molecule is Cc1cc(NC(=O)c2ccc(SN)cc2N2CCC3(CC2)CC3)nc(Cl)n1. The number of carbonyl (C=O) groups is 1. The number of hydrogen-bond donors (Lipinski definition) is 2. The number of nitrogens with one attached hydrogen (secondary N) is 1. The van der Waals surface area contributed by atoms with Crippen LogP contribution in [0.1, 0.15) is 41.7 Å². The van der Waals surface area contributed by atoms with E-state index in [1.807, 2.05) is 25.1 Å². The van der Waals surface area contributed by atoms with E-state index in [0.29, 0.717) is 22.5 Å². The van der Waals surface area contributed by atoms with Crippen LogP contribution in [0.15, 0.2) is 29.2 Å². The molecule has 1 saturated heterocycles. The second-order valence-corrected chi connectivity index (χ2v) is 8.45. The first kappa shape index (κ1) is 18.5. The first-order valence-electron chi connectivity index (χ1n) is 9.06. The van der Waals surface area contributed by atoms with Crippen molar-refractivity contribution in [2.75, 3.05) is 23.3 Å². The molecule has 1 spiro atoms. The molecule has 1 aromatic carbocycles. The van der Waals surface area contributed by atoms with Crippen molar-refractivity contribution in [3.8, 4) is 0 Å². The lowest BCUT2D eigenvalue weighted by Gasteiger charge is -2.35. The summed E-state index contributed by atoms with van der Waals surface area (Å²) in [6, 6.07) is 7.40. The molecule has 8 heteroatoms. The molecule has 3 N–H and O–H groups in total. The second-order valence-electron chi connectivity index (χ2n) is 7.40. The van der Waals surface area contributed by atoms with Crippen LogP contribution in [0.25, 0.3) is 0 Å². The molecule has 27 heavy (non-hydrogen) atoms. The fraction of sp³-hybridized carbons (Fsp3) is 0.421. The maximum absolute atomic E-state index is 13.0. The van der Waals surface area contributed by atoms with Gasteiger partial charge in [-0.25, -0.2) is 9.97 Å². The Kier molecular flexibility index (Phi) is 5.01. The number of hydrogen-bond acceptors (Lipinski definition) is 6. The summed E-state index contributed by atoms with van der Waals surface area (Å²) in [6.45, 7) is 3.75. The van der Waals surface area contributed by atoms with Gasteiger partial charge in [0.25, 0.3) is 5.91 Å². The quantitative estimate of drug-likeness (QED) is 0.592. The van der Waals surface area contributed by atoms with Crippen LogP contribution in [0.5, 0.6) is 0 Å². The highest BCUT2D eigenvalue weighted by atomic mass is 35.5. The summed E-state index contributed by atoms with van der Waals surface area (Å²) in [5.41, 5.74) is 2.82. The Morgan fingerprint density at radius 1 is 1.22 bits per heavy atom. The normalized spacial score (nSPS) is 17.8. The third-order valence-electron chi connectivity index (χ3n) is 5.54. The summed E-state index contributed by atoms with van der Waals surface area (Å²) >= 11 is 7.10. The number of nitrogens with zero attached hydrogens (tertiary/aromatic N) is 3. The van der Waals surface area contributed by atoms with Crippen LogP contribution in [0.3, 0.4) is 0 Å². The Morgan fingerprint density at radius 3 is 2.59 bits per heavy atom. The zero-order chi connectivity index (χ0) is 19.0. The van der Waals surface area contributed by atoms with Crippen LogP contribution < -0.4 is 15.4 Å². The third kappa shape index (κ3) is 4.05. The molecule has 0 bridgehead atoms. The maximum atomic E-state index is 13.0. The largest absolute Gasteiger partial charge is 0.371 e. The van der Waals surface area contributed by atoms with Gasteiger partial charge in [0.1, 0.15) is 5.82 Å². The molecule has 1 aliphatic carbocycles. The van der Waals surface area contributed by atoms with Crippen LogP contribution in [0.2, 0.25) is 5.28 Å². The highest BCUT2D eigenvalue weighted by molar-refractivity contribution is 7.97. The second kappa shape index (κ2) is 7.30. The zero-order valence-corrected chi connectivity index (χ0v) is 16.7. The van der Waals surface area contributed by atoms with Crippen LogP contribution in [-0.4, -0.2) is 29.0 Å². The highest BCUT2D eigenvalue weighted by Gasteiger charge is 2.44. The lowest BCUT2D eigenvalue weighted by molar-refractivity contribution is 0.102. The molecule has 142 valence electrons. The first-order chi connectivity index (χ1) is 13.0. The van der Waals surface area contributed by atoms with Gasteiger partial charge in [-0.15, -0.1) is 0 Å². The third-order valence-corrected chi connectivity index (χ3v) is 6.24. The Labute approximate surface area is 168 Å². The van der Waals surface area contributed by atoms with Crippen molar-refractivity contribution in [2.24, 2.45) is 10.6 Å². The minimum absolute atomic E-state index is 0.117. The van der Waals surface area contributed by atoms with Crippen molar-refractivity contribution < 1.29 is 4.79 Å². The molecule has 1 saturated carbocycles. The molecule has 2 fully saturated rings. The van der Waals surface area contributed by atoms with Gasteiger partial charge in [-0.1, -0.05) is 0 Å². The van der Waals surface area contributed by atoms with Gasteiger partial charge in [0, 0.05) is 29.7 Å². The number of rotatable bonds is 4. The van der Waals surface area contributed by atoms with Crippen molar-refractivity contribution in [3.05, 3.63) is 40.8 Å². The lowest BCUT2D eigenvalue weighted by atomic mass is 9.93. The minimum atomic E-state index is -0.209. The van der Waals surface area contributed by atoms with Crippen molar-refractivity contribution >= 4 is 41.0 Å². The maximum Gasteiger partial charge on any atom is 0.258 e. The number of benzene rings is 1. The number of aryl methyl sites for hydroxylation is 1. The van der Waals surface area contributed by atoms with E-state index in [1.54, 1.807) is 6.07 Å². The number of aromatic nitrogens is 2. The number of anilines is 2. The summed E-state index contributed by atoms with van der Waals surface area (Å²) in [5, 5.41) is 8.71. The molecular formula is C19H22ClN5OS. The first-order valence-corrected chi connectivity index (χ1v) is 10.3. The number of carbonyl (C=O) groups excluding carboxylic acids is 1. The molecule has 4 rings (SSSR count). The predicted octanol–water partition coefficient (Wildman–Crippen LogP) is 4.04. The van der Waals surface area contributed by atoms with Gasteiger partial charge in [0.15, 0.2) is 0 Å². The lowest BCUT2D eigenvalue weighted by Crippen LogP contribution is -2.35. The molecule has 2 aromatic rings. The molecule has 0 atom stereocenters. The summed E-state index contributed by atoms with van der Waals surface area (Å²) in [4.78, 5) is 24.3. The minimum Gasteiger partial charge on any atom is -0.371 e. The molecule has 1 aromatic heterocycles. The van der Waals surface area contributed by atoms with E-state index in [2.05, 4.69) is 20.2 Å². The summed E-state index contributed by atoms with van der Waals surface area (Å²) in [7, 11) is 0. The van der Waals surface area contributed by atoms with E-state index < -0.39 is 0 Å². The average Bonchev–Trinajstić information content (AvgIpc) is 3.40. The molecule has 2 aliphatic rings. The molecule has 0 radical (unpaired) electrons. The van der Waals surface area contributed by atoms with Crippen LogP contribution in [-0.2, 0) is 0 Å². The monoisotopic (exact) mass is 403 g/mol. The molecule has 6 nitrogen and oxygen atoms in total. The van der Waals surface area contributed by atoms with Crippen LogP contribution >= 0.6 is 23.5 Å². The van der Waals surface area contributed by atoms with E-state index in [-0.39, 0.29) is 11.2 Å². The fourth-order valence-corrected chi connectivity index (χ4v) is 4.27. The van der Waals surface area contributed by atoms with Gasteiger partial charge in [0.2, 0.25) is 5.28 Å². The standard InChI is InChI=1S/C19H22ClN5OS/c1-12-10-16(24-18(20)22-12)23-17(26)14-3-2-13(27-21)11-15(14)25-8-6-19(4-5-19)7-9-25/h2-3,10-11H,4-9,21H2,1H3,(H,22,23,24,26). The van der Waals surface area contributed by atoms with Crippen molar-refractivity contribution in [3.63, 3.8) is 0 Å². The summed E-state index contributed by atoms with van der Waals surface area (Å²) in [6.07, 6.45) is 5.07. The Morgan fingerprint density at radius 2 is 1.96 bits per heavy atom. The van der Waals surface area contributed by atoms with E-state index in [0.717, 1.165) is 23.7 Å². The van der Waals surface area contributed by atoms with Gasteiger partial charge < -0.3 is 10.2 Å². The van der Waals surface area contributed by atoms with Crippen molar-refractivity contribution in [2.45, 2.75) is 37.5 Å². The topological polar surface area (TPSA) is 84.1 Å². The molecule has 0 unspecified atom stereocenters. The Bertz CT molecular complexity index is 856. The number of halogens is 1. The zero-order valence-electron chi connectivity index (χ0n) is 15.2. The van der Waals surface area contributed by atoms with Crippen molar-refractivity contribution in [1.29, 1.82) is 0 Å². The number of piperidine rings is 1. The van der Waals surface area contributed by atoms with E-state index in [1.165, 1.54) is 37.6 Å². The van der Waals surface area contributed by atoms with Gasteiger partial charge >= 0.3 is 0 Å². The molecule has 2 heterocycles. The Balaban J connectivity index is 1.60. The number of amides is 1. The van der Waals surface area contributed by atoms with Crippen LogP contribution in [0.4, 0.5) is 11.5 Å². The number of nitrogens with two attached hydrogens (primary N) is 1. The Hall–Kier alpha value is -1.83.